The van der Waals surface area contributed by atoms with Crippen LogP contribution in [0.3, 0.4) is 0 Å². The van der Waals surface area contributed by atoms with Crippen molar-refractivity contribution < 1.29 is 9.31 Å². The summed E-state index contributed by atoms with van der Waals surface area (Å²) in [6.45, 7) is 8.16. The summed E-state index contributed by atoms with van der Waals surface area (Å²) in [4.78, 5) is 8.56. The topological polar surface area (TPSA) is 44.2 Å². The van der Waals surface area contributed by atoms with Crippen molar-refractivity contribution in [3.8, 4) is 11.1 Å². The molecule has 4 nitrogen and oxygen atoms in total. The first-order valence-electron chi connectivity index (χ1n) is 7.11. The minimum absolute atomic E-state index is 0.357. The van der Waals surface area contributed by atoms with Crippen molar-refractivity contribution in [1.29, 1.82) is 0 Å². The van der Waals surface area contributed by atoms with Gasteiger partial charge in [-0.3, -0.25) is 9.97 Å². The predicted molar refractivity (Wildman–Crippen MR) is 83.2 cm³/mol. The van der Waals surface area contributed by atoms with Crippen LogP contribution in [-0.4, -0.2) is 28.3 Å². The molecular formula is C16H19BN2O2. The first-order valence-corrected chi connectivity index (χ1v) is 7.11. The molecule has 0 aromatic carbocycles. The molecule has 5 heteroatoms. The quantitative estimate of drug-likeness (QED) is 0.794. The summed E-state index contributed by atoms with van der Waals surface area (Å²) in [5.74, 6) is 0. The molecule has 3 heterocycles. The van der Waals surface area contributed by atoms with E-state index in [9.17, 15) is 0 Å². The normalized spacial score (nSPS) is 19.7. The van der Waals surface area contributed by atoms with Gasteiger partial charge in [0, 0.05) is 24.2 Å². The molecule has 1 aliphatic heterocycles. The van der Waals surface area contributed by atoms with Gasteiger partial charge in [-0.25, -0.2) is 0 Å². The molecule has 0 N–H and O–H groups in total. The highest BCUT2D eigenvalue weighted by Gasteiger charge is 2.52. The van der Waals surface area contributed by atoms with E-state index in [4.69, 9.17) is 9.31 Å². The number of pyridine rings is 2. The van der Waals surface area contributed by atoms with Crippen LogP contribution in [0.2, 0.25) is 0 Å². The van der Waals surface area contributed by atoms with E-state index < -0.39 is 7.12 Å². The average Bonchev–Trinajstić information content (AvgIpc) is 2.69. The largest absolute Gasteiger partial charge is 0.514 e. The van der Waals surface area contributed by atoms with Crippen LogP contribution in [0.25, 0.3) is 11.1 Å². The third-order valence-electron chi connectivity index (χ3n) is 4.27. The fraction of sp³-hybridized carbons (Fsp3) is 0.375. The maximum absolute atomic E-state index is 6.04. The molecule has 1 aliphatic rings. The molecule has 2 aromatic heterocycles. The lowest BCUT2D eigenvalue weighted by Gasteiger charge is -2.32. The Hall–Kier alpha value is -1.72. The van der Waals surface area contributed by atoms with Crippen molar-refractivity contribution >= 4 is 12.7 Å². The van der Waals surface area contributed by atoms with Crippen LogP contribution in [0.5, 0.6) is 0 Å². The molecular weight excluding hydrogens is 263 g/mol. The van der Waals surface area contributed by atoms with E-state index in [0.717, 1.165) is 16.7 Å². The van der Waals surface area contributed by atoms with Gasteiger partial charge in [0.2, 0.25) is 0 Å². The van der Waals surface area contributed by atoms with Gasteiger partial charge >= 0.3 is 7.12 Å². The van der Waals surface area contributed by atoms with Crippen molar-refractivity contribution in [2.75, 3.05) is 0 Å². The van der Waals surface area contributed by atoms with Crippen LogP contribution < -0.4 is 5.59 Å². The van der Waals surface area contributed by atoms with Gasteiger partial charge in [0.05, 0.1) is 16.8 Å². The van der Waals surface area contributed by atoms with E-state index in [1.165, 1.54) is 0 Å². The molecule has 0 aliphatic carbocycles. The first kappa shape index (κ1) is 14.2. The number of rotatable bonds is 2. The van der Waals surface area contributed by atoms with Crippen molar-refractivity contribution in [3.05, 3.63) is 42.9 Å². The van der Waals surface area contributed by atoms with Gasteiger partial charge in [0.25, 0.3) is 0 Å². The van der Waals surface area contributed by atoms with Crippen LogP contribution >= 0.6 is 0 Å². The Morgan fingerprint density at radius 3 is 2.29 bits per heavy atom. The van der Waals surface area contributed by atoms with E-state index in [2.05, 4.69) is 9.97 Å². The second-order valence-corrected chi connectivity index (χ2v) is 6.30. The Morgan fingerprint density at radius 1 is 0.952 bits per heavy atom. The number of hydrogen-bond donors (Lipinski definition) is 0. The third-order valence-corrected chi connectivity index (χ3v) is 4.27. The zero-order chi connectivity index (χ0) is 15.1. The standard InChI is InChI=1S/C16H19BN2O2/c1-15(2)16(3,4)21-17(20-15)14-10-12(7-9-19-14)13-6-5-8-18-11-13/h5-11H,1-4H3. The van der Waals surface area contributed by atoms with Crippen molar-refractivity contribution in [3.63, 3.8) is 0 Å². The lowest BCUT2D eigenvalue weighted by molar-refractivity contribution is 0.00578. The fourth-order valence-corrected chi connectivity index (χ4v) is 2.25. The second-order valence-electron chi connectivity index (χ2n) is 6.30. The van der Waals surface area contributed by atoms with Gasteiger partial charge < -0.3 is 9.31 Å². The molecule has 108 valence electrons. The average molecular weight is 282 g/mol. The molecule has 0 amide bonds. The molecule has 3 rings (SSSR count). The van der Waals surface area contributed by atoms with Gasteiger partial charge in [-0.2, -0.15) is 0 Å². The first-order chi connectivity index (χ1) is 9.89. The number of hydrogen-bond acceptors (Lipinski definition) is 4. The van der Waals surface area contributed by atoms with Crippen LogP contribution in [0, 0.1) is 0 Å². The maximum Gasteiger partial charge on any atom is 0.514 e. The SMILES string of the molecule is CC1(C)OB(c2cc(-c3cccnc3)ccn2)OC1(C)C. The summed E-state index contributed by atoms with van der Waals surface area (Å²) in [6, 6.07) is 7.91. The molecule has 0 spiro atoms. The summed E-state index contributed by atoms with van der Waals surface area (Å²) in [5.41, 5.74) is 2.18. The molecule has 0 saturated carbocycles. The smallest absolute Gasteiger partial charge is 0.398 e. The lowest BCUT2D eigenvalue weighted by atomic mass is 9.83. The Balaban J connectivity index is 1.92. The highest BCUT2D eigenvalue weighted by atomic mass is 16.7. The maximum atomic E-state index is 6.04. The van der Waals surface area contributed by atoms with E-state index in [1.807, 2.05) is 58.2 Å². The molecule has 0 radical (unpaired) electrons. The Labute approximate surface area is 125 Å². The minimum Gasteiger partial charge on any atom is -0.398 e. The van der Waals surface area contributed by atoms with Crippen molar-refractivity contribution in [2.24, 2.45) is 0 Å². The van der Waals surface area contributed by atoms with Crippen LogP contribution in [0.4, 0.5) is 0 Å². The Morgan fingerprint density at radius 2 is 1.67 bits per heavy atom. The van der Waals surface area contributed by atoms with Crippen LogP contribution in [0.1, 0.15) is 27.7 Å². The van der Waals surface area contributed by atoms with Gasteiger partial charge in [-0.15, -0.1) is 0 Å². The zero-order valence-corrected chi connectivity index (χ0v) is 12.8. The molecule has 0 atom stereocenters. The van der Waals surface area contributed by atoms with Gasteiger partial charge in [0.15, 0.2) is 0 Å². The van der Waals surface area contributed by atoms with E-state index in [1.54, 1.807) is 12.4 Å². The minimum atomic E-state index is -0.438. The highest BCUT2D eigenvalue weighted by Crippen LogP contribution is 2.36. The highest BCUT2D eigenvalue weighted by molar-refractivity contribution is 6.61. The molecule has 1 saturated heterocycles. The Kier molecular flexibility index (Phi) is 3.34. The summed E-state index contributed by atoms with van der Waals surface area (Å²) < 4.78 is 12.1. The van der Waals surface area contributed by atoms with Crippen molar-refractivity contribution in [1.82, 2.24) is 9.97 Å². The summed E-state index contributed by atoms with van der Waals surface area (Å²) in [7, 11) is -0.438. The third kappa shape index (κ3) is 2.59. The molecule has 2 aromatic rings. The van der Waals surface area contributed by atoms with Crippen molar-refractivity contribution in [2.45, 2.75) is 38.9 Å². The molecule has 1 fully saturated rings. The van der Waals surface area contributed by atoms with Crippen LogP contribution in [0.15, 0.2) is 42.9 Å². The summed E-state index contributed by atoms with van der Waals surface area (Å²) >= 11 is 0. The molecule has 0 bridgehead atoms. The van der Waals surface area contributed by atoms with E-state index in [-0.39, 0.29) is 11.2 Å². The number of nitrogens with zero attached hydrogens (tertiary/aromatic N) is 2. The van der Waals surface area contributed by atoms with Gasteiger partial charge in [0.1, 0.15) is 0 Å². The summed E-state index contributed by atoms with van der Waals surface area (Å²) in [6.07, 6.45) is 5.38. The Bertz CT molecular complexity index is 628. The molecule has 21 heavy (non-hydrogen) atoms. The summed E-state index contributed by atoms with van der Waals surface area (Å²) in [5, 5.41) is 0. The second kappa shape index (κ2) is 4.93. The number of aromatic nitrogens is 2. The van der Waals surface area contributed by atoms with E-state index in [0.29, 0.717) is 0 Å². The molecule has 0 unspecified atom stereocenters. The van der Waals surface area contributed by atoms with Crippen LogP contribution in [-0.2, 0) is 9.31 Å². The zero-order valence-electron chi connectivity index (χ0n) is 12.8. The van der Waals surface area contributed by atoms with Gasteiger partial charge in [-0.1, -0.05) is 6.07 Å². The van der Waals surface area contributed by atoms with Gasteiger partial charge in [-0.05, 0) is 51.5 Å². The monoisotopic (exact) mass is 282 g/mol. The lowest BCUT2D eigenvalue weighted by Crippen LogP contribution is -2.41. The predicted octanol–water partition coefficient (Wildman–Crippen LogP) is 2.44. The van der Waals surface area contributed by atoms with E-state index >= 15 is 0 Å². The fourth-order valence-electron chi connectivity index (χ4n) is 2.25.